The predicted octanol–water partition coefficient (Wildman–Crippen LogP) is 4.26. The number of aromatic nitrogens is 4. The number of nitrogens with zero attached hydrogens (tertiary/aromatic N) is 4. The van der Waals surface area contributed by atoms with E-state index >= 15 is 0 Å². The zero-order chi connectivity index (χ0) is 21.8. The monoisotopic (exact) mass is 430 g/mol. The molecule has 6 heteroatoms. The summed E-state index contributed by atoms with van der Waals surface area (Å²) in [7, 11) is 1.72. The van der Waals surface area contributed by atoms with E-state index in [9.17, 15) is 5.11 Å². The Morgan fingerprint density at radius 2 is 1.90 bits per heavy atom. The average molecular weight is 431 g/mol. The molecule has 9 atom stereocenters. The Labute approximate surface area is 187 Å². The average Bonchev–Trinajstić information content (AvgIpc) is 3.29. The van der Waals surface area contributed by atoms with E-state index in [0.717, 1.165) is 54.8 Å². The van der Waals surface area contributed by atoms with Crippen LogP contribution in [0.15, 0.2) is 0 Å². The second-order valence-corrected chi connectivity index (χ2v) is 11.9. The summed E-state index contributed by atoms with van der Waals surface area (Å²) in [6.45, 7) is 8.35. The van der Waals surface area contributed by atoms with E-state index in [4.69, 9.17) is 4.74 Å². The normalized spacial score (nSPS) is 45.6. The number of aliphatic hydroxyl groups is 1. The van der Waals surface area contributed by atoms with Crippen molar-refractivity contribution in [3.05, 3.63) is 5.82 Å². The van der Waals surface area contributed by atoms with Crippen molar-refractivity contribution in [2.75, 3.05) is 13.7 Å². The van der Waals surface area contributed by atoms with Gasteiger partial charge in [0.15, 0.2) is 5.82 Å². The SMILES string of the molecule is COC[C@@]1(O)CC[C@H]2[C@@H](CC[C@@H]3[C@@H]2CC[C@]2(C)C([C@@H](C)Cn4nnc(C)n4)CC[C@@H]32)C1. The van der Waals surface area contributed by atoms with Crippen LogP contribution in [0.5, 0.6) is 0 Å². The summed E-state index contributed by atoms with van der Waals surface area (Å²) < 4.78 is 5.35. The van der Waals surface area contributed by atoms with Gasteiger partial charge in [0.2, 0.25) is 0 Å². The Hall–Kier alpha value is -1.01. The number of fused-ring (bicyclic) bond motifs is 5. The zero-order valence-corrected chi connectivity index (χ0v) is 20.0. The van der Waals surface area contributed by atoms with Crippen molar-refractivity contribution < 1.29 is 9.84 Å². The maximum Gasteiger partial charge on any atom is 0.171 e. The molecule has 1 aromatic rings. The van der Waals surface area contributed by atoms with E-state index in [1.54, 1.807) is 7.11 Å². The molecule has 5 rings (SSSR count). The second-order valence-electron chi connectivity index (χ2n) is 11.9. The molecule has 0 radical (unpaired) electrons. The Morgan fingerprint density at radius 3 is 2.65 bits per heavy atom. The highest BCUT2D eigenvalue weighted by Crippen LogP contribution is 2.65. The lowest BCUT2D eigenvalue weighted by molar-refractivity contribution is -0.126. The van der Waals surface area contributed by atoms with Gasteiger partial charge in [0.25, 0.3) is 0 Å². The smallest absolute Gasteiger partial charge is 0.171 e. The topological polar surface area (TPSA) is 73.1 Å². The highest BCUT2D eigenvalue weighted by molar-refractivity contribution is 5.07. The van der Waals surface area contributed by atoms with E-state index in [1.165, 1.54) is 44.9 Å². The molecule has 4 aliphatic rings. The van der Waals surface area contributed by atoms with E-state index in [1.807, 2.05) is 11.7 Å². The second kappa shape index (κ2) is 8.09. The van der Waals surface area contributed by atoms with E-state index in [-0.39, 0.29) is 0 Å². The molecular formula is C25H42N4O2. The van der Waals surface area contributed by atoms with Crippen LogP contribution < -0.4 is 0 Å². The third-order valence-electron chi connectivity index (χ3n) is 10.3. The van der Waals surface area contributed by atoms with Crippen molar-refractivity contribution in [1.82, 2.24) is 20.2 Å². The molecule has 4 fully saturated rings. The summed E-state index contributed by atoms with van der Waals surface area (Å²) in [5.74, 6) is 6.33. The van der Waals surface area contributed by atoms with Crippen molar-refractivity contribution in [3.8, 4) is 0 Å². The Balaban J connectivity index is 1.28. The van der Waals surface area contributed by atoms with Gasteiger partial charge in [-0.2, -0.15) is 4.80 Å². The number of aryl methyl sites for hydroxylation is 1. The van der Waals surface area contributed by atoms with Crippen LogP contribution in [0.1, 0.15) is 77.5 Å². The van der Waals surface area contributed by atoms with Crippen LogP contribution in [0.2, 0.25) is 0 Å². The molecular weight excluding hydrogens is 388 g/mol. The van der Waals surface area contributed by atoms with Crippen molar-refractivity contribution in [3.63, 3.8) is 0 Å². The van der Waals surface area contributed by atoms with Crippen LogP contribution in [0.4, 0.5) is 0 Å². The number of hydrogen-bond donors (Lipinski definition) is 1. The molecule has 4 aliphatic carbocycles. The molecule has 0 aromatic carbocycles. The Bertz CT molecular complexity index is 783. The first kappa shape index (κ1) is 21.8. The summed E-state index contributed by atoms with van der Waals surface area (Å²) in [6.07, 6.45) is 11.3. The molecule has 1 N–H and O–H groups in total. The van der Waals surface area contributed by atoms with Gasteiger partial charge in [-0.05, 0) is 117 Å². The predicted molar refractivity (Wildman–Crippen MR) is 119 cm³/mol. The van der Waals surface area contributed by atoms with Crippen molar-refractivity contribution in [2.24, 2.45) is 46.8 Å². The van der Waals surface area contributed by atoms with E-state index in [2.05, 4.69) is 29.3 Å². The van der Waals surface area contributed by atoms with Crippen LogP contribution >= 0.6 is 0 Å². The van der Waals surface area contributed by atoms with Crippen molar-refractivity contribution in [1.29, 1.82) is 0 Å². The minimum atomic E-state index is -0.576. The Kier molecular flexibility index (Phi) is 5.69. The van der Waals surface area contributed by atoms with Crippen LogP contribution in [0.3, 0.4) is 0 Å². The van der Waals surface area contributed by atoms with Gasteiger partial charge in [-0.15, -0.1) is 10.2 Å². The van der Waals surface area contributed by atoms with Crippen LogP contribution in [-0.2, 0) is 11.3 Å². The van der Waals surface area contributed by atoms with Gasteiger partial charge in [-0.1, -0.05) is 13.8 Å². The molecule has 1 heterocycles. The maximum absolute atomic E-state index is 11.0. The molecule has 31 heavy (non-hydrogen) atoms. The standard InChI is InChI=1S/C25H42N4O2/c1-16(14-29-27-17(2)26-28-29)22-7-8-23-21-6-5-18-13-25(30,15-31-4)12-10-19(18)20(21)9-11-24(22,23)3/h16,18-23,30H,5-15H2,1-4H3/t16-,18-,19-,20+,21+,22?,23-,24+,25+/m0/s1. The highest BCUT2D eigenvalue weighted by Gasteiger charge is 2.58. The molecule has 4 saturated carbocycles. The molecule has 0 aliphatic heterocycles. The van der Waals surface area contributed by atoms with Crippen LogP contribution in [-0.4, -0.2) is 44.6 Å². The molecule has 0 amide bonds. The zero-order valence-electron chi connectivity index (χ0n) is 20.0. The number of hydrogen-bond acceptors (Lipinski definition) is 5. The van der Waals surface area contributed by atoms with Gasteiger partial charge in [-0.25, -0.2) is 0 Å². The first-order valence-electron chi connectivity index (χ1n) is 12.8. The summed E-state index contributed by atoms with van der Waals surface area (Å²) in [5.41, 5.74) is -0.109. The van der Waals surface area contributed by atoms with Crippen molar-refractivity contribution >= 4 is 0 Å². The lowest BCUT2D eigenvalue weighted by Crippen LogP contribution is -2.52. The summed E-state index contributed by atoms with van der Waals surface area (Å²) >= 11 is 0. The van der Waals surface area contributed by atoms with Gasteiger partial charge in [-0.3, -0.25) is 0 Å². The lowest BCUT2D eigenvalue weighted by atomic mass is 9.48. The number of tetrazole rings is 1. The Morgan fingerprint density at radius 1 is 1.10 bits per heavy atom. The third kappa shape index (κ3) is 3.76. The van der Waals surface area contributed by atoms with Crippen LogP contribution in [0.25, 0.3) is 0 Å². The van der Waals surface area contributed by atoms with Gasteiger partial charge >= 0.3 is 0 Å². The summed E-state index contributed by atoms with van der Waals surface area (Å²) in [6, 6.07) is 0. The van der Waals surface area contributed by atoms with Crippen molar-refractivity contribution in [2.45, 2.75) is 90.7 Å². The maximum atomic E-state index is 11.0. The van der Waals surface area contributed by atoms with E-state index < -0.39 is 5.60 Å². The summed E-state index contributed by atoms with van der Waals surface area (Å²) in [4.78, 5) is 1.82. The number of rotatable bonds is 5. The molecule has 6 nitrogen and oxygen atoms in total. The fraction of sp³-hybridized carbons (Fsp3) is 0.960. The first-order chi connectivity index (χ1) is 14.8. The third-order valence-corrected chi connectivity index (χ3v) is 10.3. The van der Waals surface area contributed by atoms with Crippen LogP contribution in [0, 0.1) is 53.8 Å². The molecule has 174 valence electrons. The summed E-state index contributed by atoms with van der Waals surface area (Å²) in [5, 5.41) is 23.7. The number of ether oxygens (including phenoxy) is 1. The highest BCUT2D eigenvalue weighted by atomic mass is 16.5. The van der Waals surface area contributed by atoms with E-state index in [0.29, 0.717) is 23.9 Å². The molecule has 0 spiro atoms. The van der Waals surface area contributed by atoms with Gasteiger partial charge in [0.1, 0.15) is 0 Å². The minimum absolute atomic E-state index is 0.467. The van der Waals surface area contributed by atoms with Gasteiger partial charge < -0.3 is 9.84 Å². The van der Waals surface area contributed by atoms with Gasteiger partial charge in [0.05, 0.1) is 18.8 Å². The molecule has 0 saturated heterocycles. The molecule has 0 bridgehead atoms. The largest absolute Gasteiger partial charge is 0.387 e. The number of methoxy groups -OCH3 is 1. The lowest BCUT2D eigenvalue weighted by Gasteiger charge is -2.57. The first-order valence-corrected chi connectivity index (χ1v) is 12.8. The fourth-order valence-corrected chi connectivity index (χ4v) is 9.12. The minimum Gasteiger partial charge on any atom is -0.387 e. The quantitative estimate of drug-likeness (QED) is 0.755. The fourth-order valence-electron chi connectivity index (χ4n) is 9.12. The van der Waals surface area contributed by atoms with Gasteiger partial charge in [0, 0.05) is 7.11 Å². The molecule has 1 aromatic heterocycles. The molecule has 1 unspecified atom stereocenters.